The number of hydrogen-bond acceptors (Lipinski definition) is 2. The average Bonchev–Trinajstić information content (AvgIpc) is 2.65. The van der Waals surface area contributed by atoms with Crippen molar-refractivity contribution in [1.29, 1.82) is 0 Å². The lowest BCUT2D eigenvalue weighted by molar-refractivity contribution is 0.282. The number of benzene rings is 1. The summed E-state index contributed by atoms with van der Waals surface area (Å²) in [5.74, 6) is 0. The first-order chi connectivity index (χ1) is 6.81. The molecule has 1 aromatic carbocycles. The predicted octanol–water partition coefficient (Wildman–Crippen LogP) is 1.67. The maximum Gasteiger partial charge on any atom is 0.0681 e. The standard InChI is InChI=1S/C11H12N2O/c1-9-6-7-12-13(9)11-4-2-10(8-14)3-5-11/h2-7,14H,8H2,1H3. The summed E-state index contributed by atoms with van der Waals surface area (Å²) in [4.78, 5) is 0. The molecular weight excluding hydrogens is 176 g/mol. The Morgan fingerprint density at radius 2 is 1.93 bits per heavy atom. The zero-order valence-electron chi connectivity index (χ0n) is 8.01. The average molecular weight is 188 g/mol. The molecule has 3 nitrogen and oxygen atoms in total. The molecule has 0 saturated heterocycles. The van der Waals surface area contributed by atoms with E-state index in [1.165, 1.54) is 0 Å². The minimum absolute atomic E-state index is 0.0817. The lowest BCUT2D eigenvalue weighted by Gasteiger charge is -2.04. The number of aryl methyl sites for hydroxylation is 1. The topological polar surface area (TPSA) is 38.0 Å². The van der Waals surface area contributed by atoms with Gasteiger partial charge in [0.05, 0.1) is 12.3 Å². The molecule has 3 heteroatoms. The quantitative estimate of drug-likeness (QED) is 0.778. The lowest BCUT2D eigenvalue weighted by Crippen LogP contribution is -1.98. The van der Waals surface area contributed by atoms with Gasteiger partial charge in [0.2, 0.25) is 0 Å². The van der Waals surface area contributed by atoms with E-state index in [0.29, 0.717) is 0 Å². The molecule has 1 aromatic heterocycles. The van der Waals surface area contributed by atoms with E-state index in [9.17, 15) is 0 Å². The Kier molecular flexibility index (Phi) is 2.33. The molecular formula is C11H12N2O. The molecule has 0 atom stereocenters. The second kappa shape index (κ2) is 3.64. The van der Waals surface area contributed by atoms with E-state index < -0.39 is 0 Å². The number of nitrogens with zero attached hydrogens (tertiary/aromatic N) is 2. The van der Waals surface area contributed by atoms with E-state index in [4.69, 9.17) is 5.11 Å². The Balaban J connectivity index is 2.39. The van der Waals surface area contributed by atoms with Crippen LogP contribution in [0.15, 0.2) is 36.5 Å². The molecule has 0 fully saturated rings. The van der Waals surface area contributed by atoms with Gasteiger partial charge in [0, 0.05) is 11.9 Å². The molecule has 2 rings (SSSR count). The number of aromatic nitrogens is 2. The van der Waals surface area contributed by atoms with Gasteiger partial charge >= 0.3 is 0 Å². The normalized spacial score (nSPS) is 10.4. The Morgan fingerprint density at radius 3 is 2.43 bits per heavy atom. The predicted molar refractivity (Wildman–Crippen MR) is 54.2 cm³/mol. The van der Waals surface area contributed by atoms with E-state index in [0.717, 1.165) is 16.9 Å². The van der Waals surface area contributed by atoms with Crippen LogP contribution in [-0.4, -0.2) is 14.9 Å². The number of aliphatic hydroxyl groups excluding tert-OH is 1. The summed E-state index contributed by atoms with van der Waals surface area (Å²) >= 11 is 0. The number of hydrogen-bond donors (Lipinski definition) is 1. The van der Waals surface area contributed by atoms with Gasteiger partial charge in [-0.25, -0.2) is 4.68 Å². The third-order valence-corrected chi connectivity index (χ3v) is 2.20. The van der Waals surface area contributed by atoms with Gasteiger partial charge in [-0.15, -0.1) is 0 Å². The fourth-order valence-corrected chi connectivity index (χ4v) is 1.38. The van der Waals surface area contributed by atoms with Crippen molar-refractivity contribution in [3.05, 3.63) is 47.8 Å². The third kappa shape index (κ3) is 1.54. The zero-order chi connectivity index (χ0) is 9.97. The fraction of sp³-hybridized carbons (Fsp3) is 0.182. The molecule has 0 aliphatic rings. The van der Waals surface area contributed by atoms with Gasteiger partial charge in [0.25, 0.3) is 0 Å². The van der Waals surface area contributed by atoms with Crippen molar-refractivity contribution in [2.75, 3.05) is 0 Å². The Bertz CT molecular complexity index is 417. The monoisotopic (exact) mass is 188 g/mol. The highest BCUT2D eigenvalue weighted by atomic mass is 16.3. The van der Waals surface area contributed by atoms with Gasteiger partial charge in [-0.1, -0.05) is 12.1 Å². The van der Waals surface area contributed by atoms with Crippen molar-refractivity contribution in [3.63, 3.8) is 0 Å². The minimum Gasteiger partial charge on any atom is -0.392 e. The van der Waals surface area contributed by atoms with Crippen LogP contribution in [0.1, 0.15) is 11.3 Å². The van der Waals surface area contributed by atoms with Crippen LogP contribution in [0, 0.1) is 6.92 Å². The van der Waals surface area contributed by atoms with Crippen molar-refractivity contribution in [1.82, 2.24) is 9.78 Å². The maximum absolute atomic E-state index is 8.89. The fourth-order valence-electron chi connectivity index (χ4n) is 1.38. The molecule has 0 aliphatic carbocycles. The third-order valence-electron chi connectivity index (χ3n) is 2.20. The highest BCUT2D eigenvalue weighted by Crippen LogP contribution is 2.10. The summed E-state index contributed by atoms with van der Waals surface area (Å²) in [6.07, 6.45) is 1.77. The lowest BCUT2D eigenvalue weighted by atomic mass is 10.2. The van der Waals surface area contributed by atoms with Gasteiger partial charge in [-0.2, -0.15) is 5.10 Å². The molecule has 1 N–H and O–H groups in total. The summed E-state index contributed by atoms with van der Waals surface area (Å²) in [5, 5.41) is 13.1. The molecule has 0 saturated carbocycles. The van der Waals surface area contributed by atoms with Crippen molar-refractivity contribution in [2.24, 2.45) is 0 Å². The van der Waals surface area contributed by atoms with E-state index in [-0.39, 0.29) is 6.61 Å². The number of rotatable bonds is 2. The van der Waals surface area contributed by atoms with Crippen LogP contribution in [0.5, 0.6) is 0 Å². The van der Waals surface area contributed by atoms with E-state index in [2.05, 4.69) is 5.10 Å². The number of aliphatic hydroxyl groups is 1. The summed E-state index contributed by atoms with van der Waals surface area (Å²) < 4.78 is 1.86. The smallest absolute Gasteiger partial charge is 0.0681 e. The van der Waals surface area contributed by atoms with Crippen LogP contribution in [0.3, 0.4) is 0 Å². The van der Waals surface area contributed by atoms with Crippen molar-refractivity contribution < 1.29 is 5.11 Å². The first kappa shape index (κ1) is 8.97. The van der Waals surface area contributed by atoms with Gasteiger partial charge in [-0.05, 0) is 30.7 Å². The molecule has 72 valence electrons. The first-order valence-corrected chi connectivity index (χ1v) is 4.52. The summed E-state index contributed by atoms with van der Waals surface area (Å²) in [5.41, 5.74) is 3.03. The Hall–Kier alpha value is -1.61. The molecule has 0 amide bonds. The summed E-state index contributed by atoms with van der Waals surface area (Å²) in [6, 6.07) is 9.66. The second-order valence-corrected chi connectivity index (χ2v) is 3.21. The van der Waals surface area contributed by atoms with Crippen LogP contribution in [-0.2, 0) is 6.61 Å². The molecule has 0 unspecified atom stereocenters. The van der Waals surface area contributed by atoms with Gasteiger partial charge in [-0.3, -0.25) is 0 Å². The molecule has 0 bridgehead atoms. The van der Waals surface area contributed by atoms with Crippen LogP contribution in [0.4, 0.5) is 0 Å². The van der Waals surface area contributed by atoms with Crippen LogP contribution < -0.4 is 0 Å². The van der Waals surface area contributed by atoms with Gasteiger partial charge in [0.15, 0.2) is 0 Å². The Labute approximate surface area is 82.6 Å². The van der Waals surface area contributed by atoms with Crippen molar-refractivity contribution in [2.45, 2.75) is 13.5 Å². The largest absolute Gasteiger partial charge is 0.392 e. The van der Waals surface area contributed by atoms with Crippen LogP contribution in [0.25, 0.3) is 5.69 Å². The molecule has 14 heavy (non-hydrogen) atoms. The van der Waals surface area contributed by atoms with Gasteiger partial charge < -0.3 is 5.11 Å². The first-order valence-electron chi connectivity index (χ1n) is 4.52. The van der Waals surface area contributed by atoms with Crippen LogP contribution in [0.2, 0.25) is 0 Å². The second-order valence-electron chi connectivity index (χ2n) is 3.21. The molecule has 0 radical (unpaired) electrons. The van der Waals surface area contributed by atoms with E-state index in [1.807, 2.05) is 41.9 Å². The zero-order valence-corrected chi connectivity index (χ0v) is 8.01. The van der Waals surface area contributed by atoms with Crippen molar-refractivity contribution >= 4 is 0 Å². The highest BCUT2D eigenvalue weighted by Gasteiger charge is 1.99. The minimum atomic E-state index is 0.0817. The van der Waals surface area contributed by atoms with E-state index in [1.54, 1.807) is 6.20 Å². The summed E-state index contributed by atoms with van der Waals surface area (Å²) in [7, 11) is 0. The highest BCUT2D eigenvalue weighted by molar-refractivity contribution is 5.34. The molecule has 1 heterocycles. The molecule has 2 aromatic rings. The van der Waals surface area contributed by atoms with Crippen LogP contribution >= 0.6 is 0 Å². The maximum atomic E-state index is 8.89. The molecule has 0 aliphatic heterocycles. The SMILES string of the molecule is Cc1ccnn1-c1ccc(CO)cc1. The Morgan fingerprint density at radius 1 is 1.21 bits per heavy atom. The van der Waals surface area contributed by atoms with Gasteiger partial charge in [0.1, 0.15) is 0 Å². The van der Waals surface area contributed by atoms with Crippen molar-refractivity contribution in [3.8, 4) is 5.69 Å². The molecule has 0 spiro atoms. The van der Waals surface area contributed by atoms with E-state index >= 15 is 0 Å². The summed E-state index contributed by atoms with van der Waals surface area (Å²) in [6.45, 7) is 2.09.